The van der Waals surface area contributed by atoms with Gasteiger partial charge in [-0.15, -0.1) is 12.4 Å². The number of aliphatic hydroxyl groups excluding tert-OH is 2. The Morgan fingerprint density at radius 1 is 1.07 bits per heavy atom. The molecule has 0 amide bonds. The van der Waals surface area contributed by atoms with Crippen molar-refractivity contribution in [3.63, 3.8) is 0 Å². The highest BCUT2D eigenvalue weighted by Gasteiger charge is 2.28. The van der Waals surface area contributed by atoms with Crippen LogP contribution in [0.25, 0.3) is 0 Å². The van der Waals surface area contributed by atoms with Crippen LogP contribution in [0.15, 0.2) is 30.3 Å². The van der Waals surface area contributed by atoms with Crippen molar-refractivity contribution in [2.75, 3.05) is 13.1 Å². The first-order valence-electron chi connectivity index (χ1n) is 4.88. The summed E-state index contributed by atoms with van der Waals surface area (Å²) >= 11 is 0. The van der Waals surface area contributed by atoms with Gasteiger partial charge in [-0.1, -0.05) is 30.3 Å². The second kappa shape index (κ2) is 5.47. The predicted molar refractivity (Wildman–Crippen MR) is 61.0 cm³/mol. The maximum Gasteiger partial charge on any atom is 0.0938 e. The molecule has 3 nitrogen and oxygen atoms in total. The summed E-state index contributed by atoms with van der Waals surface area (Å²) in [4.78, 5) is 2.06. The lowest BCUT2D eigenvalue weighted by Gasteiger charge is -2.14. The number of hydrogen-bond donors (Lipinski definition) is 2. The highest BCUT2D eigenvalue weighted by atomic mass is 35.5. The van der Waals surface area contributed by atoms with Gasteiger partial charge in [0.15, 0.2) is 0 Å². The van der Waals surface area contributed by atoms with E-state index >= 15 is 0 Å². The van der Waals surface area contributed by atoms with E-state index in [2.05, 4.69) is 17.0 Å². The molecule has 1 aliphatic rings. The number of hydrogen-bond acceptors (Lipinski definition) is 3. The first-order valence-corrected chi connectivity index (χ1v) is 4.88. The molecule has 2 unspecified atom stereocenters. The van der Waals surface area contributed by atoms with E-state index in [9.17, 15) is 10.2 Å². The van der Waals surface area contributed by atoms with Gasteiger partial charge in [0.1, 0.15) is 0 Å². The van der Waals surface area contributed by atoms with Gasteiger partial charge in [-0.3, -0.25) is 4.90 Å². The maximum atomic E-state index is 9.35. The van der Waals surface area contributed by atoms with E-state index < -0.39 is 12.2 Å². The van der Waals surface area contributed by atoms with Gasteiger partial charge >= 0.3 is 0 Å². The van der Waals surface area contributed by atoms with Gasteiger partial charge in [-0.2, -0.15) is 0 Å². The Labute approximate surface area is 95.8 Å². The molecule has 2 atom stereocenters. The monoisotopic (exact) mass is 229 g/mol. The molecule has 0 bridgehead atoms. The van der Waals surface area contributed by atoms with Crippen LogP contribution >= 0.6 is 12.4 Å². The molecular formula is C11H16ClNO2. The normalized spacial score (nSPS) is 26.3. The van der Waals surface area contributed by atoms with Gasteiger partial charge in [-0.05, 0) is 5.56 Å². The Hall–Kier alpha value is -0.610. The van der Waals surface area contributed by atoms with Crippen molar-refractivity contribution in [2.24, 2.45) is 0 Å². The second-order valence-corrected chi connectivity index (χ2v) is 3.81. The van der Waals surface area contributed by atoms with Gasteiger partial charge in [0.25, 0.3) is 0 Å². The minimum absolute atomic E-state index is 0. The van der Waals surface area contributed by atoms with Crippen LogP contribution in [0.1, 0.15) is 5.56 Å². The van der Waals surface area contributed by atoms with E-state index in [1.165, 1.54) is 5.56 Å². The topological polar surface area (TPSA) is 43.7 Å². The summed E-state index contributed by atoms with van der Waals surface area (Å²) in [6.45, 7) is 1.93. The average molecular weight is 230 g/mol. The fourth-order valence-electron chi connectivity index (χ4n) is 1.82. The van der Waals surface area contributed by atoms with E-state index in [1.54, 1.807) is 0 Å². The molecule has 0 spiro atoms. The number of β-amino-alcohol motifs (C(OH)–C–C–N with tert-alkyl or cyclic N) is 2. The Morgan fingerprint density at radius 2 is 1.60 bits per heavy atom. The van der Waals surface area contributed by atoms with Gasteiger partial charge in [0.2, 0.25) is 0 Å². The quantitative estimate of drug-likeness (QED) is 0.783. The fourth-order valence-corrected chi connectivity index (χ4v) is 1.82. The van der Waals surface area contributed by atoms with Crippen molar-refractivity contribution in [1.29, 1.82) is 0 Å². The summed E-state index contributed by atoms with van der Waals surface area (Å²) in [5.74, 6) is 0. The zero-order valence-corrected chi connectivity index (χ0v) is 9.23. The summed E-state index contributed by atoms with van der Waals surface area (Å²) in [5.41, 5.74) is 1.22. The van der Waals surface area contributed by atoms with Crippen LogP contribution in [0.3, 0.4) is 0 Å². The number of benzene rings is 1. The fraction of sp³-hybridized carbons (Fsp3) is 0.455. The van der Waals surface area contributed by atoms with Crippen molar-refractivity contribution in [2.45, 2.75) is 18.8 Å². The zero-order chi connectivity index (χ0) is 9.97. The molecule has 0 radical (unpaired) electrons. The molecule has 15 heavy (non-hydrogen) atoms. The first kappa shape index (κ1) is 12.5. The van der Waals surface area contributed by atoms with E-state index in [-0.39, 0.29) is 12.4 Å². The van der Waals surface area contributed by atoms with Crippen molar-refractivity contribution < 1.29 is 10.2 Å². The summed E-state index contributed by atoms with van der Waals surface area (Å²) in [7, 11) is 0. The summed E-state index contributed by atoms with van der Waals surface area (Å²) in [5, 5.41) is 18.7. The minimum atomic E-state index is -0.585. The molecule has 0 saturated carbocycles. The predicted octanol–water partition coefficient (Wildman–Crippen LogP) is 0.646. The highest BCUT2D eigenvalue weighted by Crippen LogP contribution is 2.13. The SMILES string of the molecule is Cl.OC1CN(Cc2ccccc2)CC1O. The van der Waals surface area contributed by atoms with Crippen LogP contribution in [-0.2, 0) is 6.54 Å². The lowest BCUT2D eigenvalue weighted by molar-refractivity contribution is 0.0572. The lowest BCUT2D eigenvalue weighted by atomic mass is 10.2. The van der Waals surface area contributed by atoms with Crippen LogP contribution in [-0.4, -0.2) is 40.4 Å². The van der Waals surface area contributed by atoms with E-state index in [0.29, 0.717) is 13.1 Å². The van der Waals surface area contributed by atoms with E-state index in [4.69, 9.17) is 0 Å². The van der Waals surface area contributed by atoms with Gasteiger partial charge < -0.3 is 10.2 Å². The number of aliphatic hydroxyl groups is 2. The molecule has 1 aliphatic heterocycles. The van der Waals surface area contributed by atoms with Crippen LogP contribution < -0.4 is 0 Å². The molecule has 1 heterocycles. The Bertz CT molecular complexity index is 284. The molecule has 1 fully saturated rings. The van der Waals surface area contributed by atoms with Crippen molar-refractivity contribution >= 4 is 12.4 Å². The molecule has 2 rings (SSSR count). The Morgan fingerprint density at radius 3 is 2.13 bits per heavy atom. The van der Waals surface area contributed by atoms with Crippen molar-refractivity contribution in [1.82, 2.24) is 4.90 Å². The molecule has 1 aromatic rings. The third-order valence-corrected chi connectivity index (χ3v) is 2.58. The number of likely N-dealkylation sites (tertiary alicyclic amines) is 1. The zero-order valence-electron chi connectivity index (χ0n) is 8.41. The molecule has 84 valence electrons. The molecular weight excluding hydrogens is 214 g/mol. The van der Waals surface area contributed by atoms with E-state index in [1.807, 2.05) is 18.2 Å². The van der Waals surface area contributed by atoms with Crippen LogP contribution in [0.2, 0.25) is 0 Å². The highest BCUT2D eigenvalue weighted by molar-refractivity contribution is 5.85. The smallest absolute Gasteiger partial charge is 0.0938 e. The van der Waals surface area contributed by atoms with Crippen LogP contribution in [0.4, 0.5) is 0 Å². The maximum absolute atomic E-state index is 9.35. The van der Waals surface area contributed by atoms with Crippen LogP contribution in [0, 0.1) is 0 Å². The van der Waals surface area contributed by atoms with Crippen molar-refractivity contribution in [3.8, 4) is 0 Å². The summed E-state index contributed by atoms with van der Waals surface area (Å²) < 4.78 is 0. The third kappa shape index (κ3) is 3.18. The molecule has 1 saturated heterocycles. The molecule has 0 aromatic heterocycles. The Kier molecular flexibility index (Phi) is 4.54. The Balaban J connectivity index is 0.00000112. The standard InChI is InChI=1S/C11H15NO2.ClH/c13-10-7-12(8-11(10)14)6-9-4-2-1-3-5-9;/h1-5,10-11,13-14H,6-8H2;1H. The summed E-state index contributed by atoms with van der Waals surface area (Å²) in [6.07, 6.45) is -1.17. The lowest BCUT2D eigenvalue weighted by Crippen LogP contribution is -2.22. The average Bonchev–Trinajstić information content (AvgIpc) is 2.47. The first-order chi connectivity index (χ1) is 6.75. The number of nitrogens with zero attached hydrogens (tertiary/aromatic N) is 1. The molecule has 4 heteroatoms. The second-order valence-electron chi connectivity index (χ2n) is 3.81. The van der Waals surface area contributed by atoms with Crippen LogP contribution in [0.5, 0.6) is 0 Å². The number of rotatable bonds is 2. The number of halogens is 1. The van der Waals surface area contributed by atoms with Gasteiger partial charge in [-0.25, -0.2) is 0 Å². The molecule has 2 N–H and O–H groups in total. The van der Waals surface area contributed by atoms with E-state index in [0.717, 1.165) is 6.54 Å². The molecule has 0 aliphatic carbocycles. The van der Waals surface area contributed by atoms with Gasteiger partial charge in [0.05, 0.1) is 12.2 Å². The summed E-state index contributed by atoms with van der Waals surface area (Å²) in [6, 6.07) is 10.1. The molecule has 1 aromatic carbocycles. The van der Waals surface area contributed by atoms with Gasteiger partial charge in [0, 0.05) is 19.6 Å². The largest absolute Gasteiger partial charge is 0.389 e. The van der Waals surface area contributed by atoms with Crippen molar-refractivity contribution in [3.05, 3.63) is 35.9 Å². The third-order valence-electron chi connectivity index (χ3n) is 2.58. The minimum Gasteiger partial charge on any atom is -0.389 e.